The lowest BCUT2D eigenvalue weighted by atomic mass is 9.95. The van der Waals surface area contributed by atoms with E-state index in [1.54, 1.807) is 0 Å². The molecule has 0 amide bonds. The fourth-order valence-electron chi connectivity index (χ4n) is 3.00. The zero-order chi connectivity index (χ0) is 19.0. The molecule has 2 N–H and O–H groups in total. The maximum atomic E-state index is 12.6. The monoisotopic (exact) mass is 536 g/mol. The van der Waals surface area contributed by atoms with Crippen LogP contribution in [0.25, 0.3) is 0 Å². The van der Waals surface area contributed by atoms with Gasteiger partial charge >= 0.3 is 6.18 Å². The van der Waals surface area contributed by atoms with Crippen LogP contribution < -0.4 is 10.6 Å². The smallest absolute Gasteiger partial charge is 0.357 e. The van der Waals surface area contributed by atoms with Crippen LogP contribution in [0.1, 0.15) is 50.2 Å². The van der Waals surface area contributed by atoms with Crippen LogP contribution in [0.4, 0.5) is 13.2 Å². The Hall–Kier alpha value is -0.230. The number of nitrogens with zero attached hydrogens (tertiary/aromatic N) is 2. The Morgan fingerprint density at radius 1 is 1.37 bits per heavy atom. The summed E-state index contributed by atoms with van der Waals surface area (Å²) in [5, 5.41) is 8.95. The van der Waals surface area contributed by atoms with Crippen molar-refractivity contribution in [2.75, 3.05) is 18.8 Å². The van der Waals surface area contributed by atoms with E-state index in [-0.39, 0.29) is 24.0 Å². The van der Waals surface area contributed by atoms with Gasteiger partial charge in [0.15, 0.2) is 11.7 Å². The standard InChI is InChI=1S/C17H27F3N4S2.HI/c1-3-21-16(23-12-6-5-7-13(10-12)25-4-2)22-9-8-15-24-14(11-26-15)17(18,19)20;/h11-13H,3-10H2,1-2H3,(H2,21,22,23);1H. The van der Waals surface area contributed by atoms with Crippen LogP contribution in [-0.2, 0) is 12.6 Å². The minimum atomic E-state index is -4.37. The maximum Gasteiger partial charge on any atom is 0.434 e. The molecule has 0 spiro atoms. The zero-order valence-corrected chi connectivity index (χ0v) is 19.6. The number of hydrogen-bond acceptors (Lipinski definition) is 4. The second-order valence-electron chi connectivity index (χ2n) is 6.22. The van der Waals surface area contributed by atoms with Gasteiger partial charge in [0.1, 0.15) is 0 Å². The average molecular weight is 536 g/mol. The fraction of sp³-hybridized carbons (Fsp3) is 0.765. The van der Waals surface area contributed by atoms with Crippen molar-refractivity contribution in [3.8, 4) is 0 Å². The zero-order valence-electron chi connectivity index (χ0n) is 15.6. The first-order valence-electron chi connectivity index (χ1n) is 9.10. The lowest BCUT2D eigenvalue weighted by molar-refractivity contribution is -0.140. The quantitative estimate of drug-likeness (QED) is 0.295. The highest BCUT2D eigenvalue weighted by Gasteiger charge is 2.33. The van der Waals surface area contributed by atoms with Crippen LogP contribution in [-0.4, -0.2) is 41.1 Å². The highest BCUT2D eigenvalue weighted by atomic mass is 127. The molecular formula is C17H28F3IN4S2. The Kier molecular flexibility index (Phi) is 11.4. The molecule has 0 aromatic carbocycles. The molecule has 1 aliphatic rings. The van der Waals surface area contributed by atoms with Crippen LogP contribution in [0.5, 0.6) is 0 Å². The minimum Gasteiger partial charge on any atom is -0.357 e. The summed E-state index contributed by atoms with van der Waals surface area (Å²) in [5.41, 5.74) is -0.812. The second-order valence-corrected chi connectivity index (χ2v) is 8.74. The lowest BCUT2D eigenvalue weighted by Gasteiger charge is -2.30. The Balaban J connectivity index is 0.00000364. The third-order valence-electron chi connectivity index (χ3n) is 4.15. The predicted octanol–water partition coefficient (Wildman–Crippen LogP) is 4.94. The number of alkyl halides is 3. The van der Waals surface area contributed by atoms with Crippen molar-refractivity contribution in [2.45, 2.75) is 63.4 Å². The Bertz CT molecular complexity index is 579. The number of aliphatic imine (C=N–C) groups is 1. The van der Waals surface area contributed by atoms with Gasteiger partial charge in [-0.1, -0.05) is 13.3 Å². The molecule has 1 heterocycles. The van der Waals surface area contributed by atoms with E-state index in [0.717, 1.165) is 47.8 Å². The number of thioether (sulfide) groups is 1. The van der Waals surface area contributed by atoms with Crippen molar-refractivity contribution < 1.29 is 13.2 Å². The molecule has 0 bridgehead atoms. The molecule has 0 aliphatic heterocycles. The van der Waals surface area contributed by atoms with Gasteiger partial charge in [-0.25, -0.2) is 4.98 Å². The minimum absolute atomic E-state index is 0. The van der Waals surface area contributed by atoms with Crippen molar-refractivity contribution in [3.63, 3.8) is 0 Å². The summed E-state index contributed by atoms with van der Waals surface area (Å²) in [5.74, 6) is 1.88. The molecule has 1 aromatic rings. The summed E-state index contributed by atoms with van der Waals surface area (Å²) < 4.78 is 37.8. The third kappa shape index (κ3) is 8.76. The summed E-state index contributed by atoms with van der Waals surface area (Å²) in [6.45, 7) is 5.36. The first-order chi connectivity index (χ1) is 12.4. The van der Waals surface area contributed by atoms with Crippen molar-refractivity contribution in [1.29, 1.82) is 0 Å². The van der Waals surface area contributed by atoms with E-state index in [1.807, 2.05) is 18.7 Å². The van der Waals surface area contributed by atoms with Crippen LogP contribution in [0.3, 0.4) is 0 Å². The van der Waals surface area contributed by atoms with E-state index in [2.05, 4.69) is 27.5 Å². The Morgan fingerprint density at radius 3 is 2.78 bits per heavy atom. The topological polar surface area (TPSA) is 49.3 Å². The first-order valence-corrected chi connectivity index (χ1v) is 11.0. The summed E-state index contributed by atoms with van der Waals surface area (Å²) in [6, 6.07) is 0.405. The molecular weight excluding hydrogens is 508 g/mol. The molecule has 1 fully saturated rings. The summed E-state index contributed by atoms with van der Waals surface area (Å²) in [7, 11) is 0. The van der Waals surface area contributed by atoms with Crippen LogP contribution in [0.2, 0.25) is 0 Å². The van der Waals surface area contributed by atoms with Gasteiger partial charge in [-0.3, -0.25) is 4.99 Å². The molecule has 4 nitrogen and oxygen atoms in total. The highest BCUT2D eigenvalue weighted by Crippen LogP contribution is 2.30. The molecule has 2 atom stereocenters. The molecule has 1 aliphatic carbocycles. The third-order valence-corrected chi connectivity index (χ3v) is 6.29. The van der Waals surface area contributed by atoms with Gasteiger partial charge in [0, 0.05) is 36.2 Å². The molecule has 2 rings (SSSR count). The highest BCUT2D eigenvalue weighted by molar-refractivity contribution is 14.0. The van der Waals surface area contributed by atoms with Gasteiger partial charge < -0.3 is 10.6 Å². The summed E-state index contributed by atoms with van der Waals surface area (Å²) in [4.78, 5) is 8.17. The number of hydrogen-bond donors (Lipinski definition) is 2. The molecule has 0 radical (unpaired) electrons. The van der Waals surface area contributed by atoms with Crippen LogP contribution >= 0.6 is 47.1 Å². The van der Waals surface area contributed by atoms with Gasteiger partial charge in [0.2, 0.25) is 0 Å². The van der Waals surface area contributed by atoms with Gasteiger partial charge in [-0.15, -0.1) is 35.3 Å². The number of guanidine groups is 1. The molecule has 10 heteroatoms. The van der Waals surface area contributed by atoms with Gasteiger partial charge in [-0.2, -0.15) is 24.9 Å². The lowest BCUT2D eigenvalue weighted by Crippen LogP contribution is -2.45. The molecule has 27 heavy (non-hydrogen) atoms. The Morgan fingerprint density at radius 2 is 2.15 bits per heavy atom. The van der Waals surface area contributed by atoms with Crippen LogP contribution in [0.15, 0.2) is 10.4 Å². The SMILES string of the molecule is CCNC(=NCCc1nc(C(F)(F)F)cs1)NC1CCCC(SCC)C1.I. The fourth-order valence-corrected chi connectivity index (χ4v) is 4.96. The number of thiazole rings is 1. The van der Waals surface area contributed by atoms with Crippen molar-refractivity contribution in [3.05, 3.63) is 16.1 Å². The average Bonchev–Trinajstić information content (AvgIpc) is 3.05. The number of nitrogens with one attached hydrogen (secondary N) is 2. The first kappa shape index (κ1) is 24.8. The van der Waals surface area contributed by atoms with E-state index < -0.39 is 11.9 Å². The maximum absolute atomic E-state index is 12.6. The summed E-state index contributed by atoms with van der Waals surface area (Å²) >= 11 is 3.06. The molecule has 156 valence electrons. The molecule has 1 aromatic heterocycles. The number of rotatable bonds is 7. The molecule has 0 saturated heterocycles. The van der Waals surface area contributed by atoms with E-state index in [9.17, 15) is 13.2 Å². The number of aromatic nitrogens is 1. The van der Waals surface area contributed by atoms with E-state index in [4.69, 9.17) is 0 Å². The molecule has 1 saturated carbocycles. The predicted molar refractivity (Wildman–Crippen MR) is 120 cm³/mol. The van der Waals surface area contributed by atoms with E-state index >= 15 is 0 Å². The summed E-state index contributed by atoms with van der Waals surface area (Å²) in [6.07, 6.45) is 0.791. The van der Waals surface area contributed by atoms with Crippen LogP contribution in [0, 0.1) is 0 Å². The van der Waals surface area contributed by atoms with Gasteiger partial charge in [-0.05, 0) is 31.9 Å². The normalized spacial score (nSPS) is 20.9. The van der Waals surface area contributed by atoms with E-state index in [0.29, 0.717) is 29.3 Å². The van der Waals surface area contributed by atoms with Gasteiger partial charge in [0.05, 0.1) is 5.01 Å². The largest absolute Gasteiger partial charge is 0.434 e. The van der Waals surface area contributed by atoms with Gasteiger partial charge in [0.25, 0.3) is 0 Å². The second kappa shape index (κ2) is 12.4. The van der Waals surface area contributed by atoms with Crippen molar-refractivity contribution in [1.82, 2.24) is 15.6 Å². The number of halogens is 4. The van der Waals surface area contributed by atoms with E-state index in [1.165, 1.54) is 12.8 Å². The van der Waals surface area contributed by atoms with Crippen molar-refractivity contribution in [2.24, 2.45) is 4.99 Å². The van der Waals surface area contributed by atoms with Crippen molar-refractivity contribution >= 4 is 53.0 Å². The Labute approximate surface area is 184 Å². The molecule has 2 unspecified atom stereocenters.